The third kappa shape index (κ3) is 2.37. The molecule has 0 aromatic carbocycles. The van der Waals surface area contributed by atoms with Crippen molar-refractivity contribution in [2.75, 3.05) is 6.54 Å². The van der Waals surface area contributed by atoms with Crippen LogP contribution in [0.5, 0.6) is 0 Å². The van der Waals surface area contributed by atoms with Crippen molar-refractivity contribution in [2.24, 2.45) is 7.05 Å². The van der Waals surface area contributed by atoms with Crippen LogP contribution in [0.4, 0.5) is 0 Å². The van der Waals surface area contributed by atoms with E-state index in [4.69, 9.17) is 0 Å². The zero-order chi connectivity index (χ0) is 10.7. The van der Waals surface area contributed by atoms with Gasteiger partial charge in [0.25, 0.3) is 0 Å². The summed E-state index contributed by atoms with van der Waals surface area (Å²) < 4.78 is 1.91. The van der Waals surface area contributed by atoms with Gasteiger partial charge < -0.3 is 5.32 Å². The lowest BCUT2D eigenvalue weighted by atomic mass is 10.1. The van der Waals surface area contributed by atoms with Crippen molar-refractivity contribution in [2.45, 2.75) is 45.1 Å². The molecule has 0 saturated heterocycles. The van der Waals surface area contributed by atoms with Gasteiger partial charge in [0.1, 0.15) is 5.82 Å². The molecule has 0 unspecified atom stereocenters. The third-order valence-corrected chi connectivity index (χ3v) is 3.12. The van der Waals surface area contributed by atoms with E-state index >= 15 is 0 Å². The summed E-state index contributed by atoms with van der Waals surface area (Å²) in [4.78, 5) is 4.62. The van der Waals surface area contributed by atoms with Crippen molar-refractivity contribution < 1.29 is 0 Å². The molecular formula is C11H20N4. The maximum atomic E-state index is 4.62. The molecule has 0 radical (unpaired) electrons. The standard InChI is InChI=1S/C11H20N4/c1-3-12-8-10-13-11(14-15(10)2)9-6-4-5-7-9/h9,12H,3-8H2,1-2H3. The molecule has 1 heterocycles. The average molecular weight is 208 g/mol. The smallest absolute Gasteiger partial charge is 0.154 e. The van der Waals surface area contributed by atoms with Crippen LogP contribution in [0.25, 0.3) is 0 Å². The molecule has 84 valence electrons. The zero-order valence-corrected chi connectivity index (χ0v) is 9.66. The van der Waals surface area contributed by atoms with E-state index in [0.29, 0.717) is 5.92 Å². The molecule has 1 aliphatic rings. The fourth-order valence-corrected chi connectivity index (χ4v) is 2.19. The summed E-state index contributed by atoms with van der Waals surface area (Å²) in [6.45, 7) is 3.91. The molecule has 4 heteroatoms. The minimum absolute atomic E-state index is 0.617. The number of hydrogen-bond donors (Lipinski definition) is 1. The molecule has 0 aliphatic heterocycles. The highest BCUT2D eigenvalue weighted by Gasteiger charge is 2.21. The van der Waals surface area contributed by atoms with Crippen LogP contribution in [0.3, 0.4) is 0 Å². The van der Waals surface area contributed by atoms with Gasteiger partial charge in [-0.05, 0) is 19.4 Å². The first-order chi connectivity index (χ1) is 7.31. The Hall–Kier alpha value is -0.900. The van der Waals surface area contributed by atoms with E-state index < -0.39 is 0 Å². The van der Waals surface area contributed by atoms with E-state index in [0.717, 1.165) is 24.7 Å². The van der Waals surface area contributed by atoms with Crippen LogP contribution in [0.2, 0.25) is 0 Å². The molecule has 0 spiro atoms. The lowest BCUT2D eigenvalue weighted by Gasteiger charge is -2.00. The van der Waals surface area contributed by atoms with Gasteiger partial charge in [-0.3, -0.25) is 4.68 Å². The second-order valence-corrected chi connectivity index (χ2v) is 4.27. The number of aromatic nitrogens is 3. The first kappa shape index (κ1) is 10.6. The van der Waals surface area contributed by atoms with Crippen LogP contribution >= 0.6 is 0 Å². The molecular weight excluding hydrogens is 188 g/mol. The van der Waals surface area contributed by atoms with Crippen molar-refractivity contribution in [3.05, 3.63) is 11.6 Å². The fourth-order valence-electron chi connectivity index (χ4n) is 2.19. The van der Waals surface area contributed by atoms with E-state index in [2.05, 4.69) is 22.3 Å². The number of aryl methyl sites for hydroxylation is 1. The SMILES string of the molecule is CCNCc1nc(C2CCCC2)nn1C. The quantitative estimate of drug-likeness (QED) is 0.817. The Bertz CT molecular complexity index is 312. The van der Waals surface area contributed by atoms with Gasteiger partial charge in [0.2, 0.25) is 0 Å². The Morgan fingerprint density at radius 1 is 1.40 bits per heavy atom. The van der Waals surface area contributed by atoms with Crippen LogP contribution in [-0.4, -0.2) is 21.3 Å². The Balaban J connectivity index is 2.06. The van der Waals surface area contributed by atoms with Gasteiger partial charge in [0.05, 0.1) is 6.54 Å². The zero-order valence-electron chi connectivity index (χ0n) is 9.66. The van der Waals surface area contributed by atoms with Gasteiger partial charge >= 0.3 is 0 Å². The lowest BCUT2D eigenvalue weighted by Crippen LogP contribution is -2.15. The first-order valence-electron chi connectivity index (χ1n) is 5.91. The summed E-state index contributed by atoms with van der Waals surface area (Å²) in [5.41, 5.74) is 0. The second-order valence-electron chi connectivity index (χ2n) is 4.27. The van der Waals surface area contributed by atoms with Gasteiger partial charge in [-0.1, -0.05) is 19.8 Å². The Morgan fingerprint density at radius 2 is 2.13 bits per heavy atom. The van der Waals surface area contributed by atoms with Gasteiger partial charge in [-0.2, -0.15) is 5.10 Å². The van der Waals surface area contributed by atoms with Crippen molar-refractivity contribution in [3.8, 4) is 0 Å². The van der Waals surface area contributed by atoms with Gasteiger partial charge in [-0.15, -0.1) is 0 Å². The highest BCUT2D eigenvalue weighted by atomic mass is 15.3. The van der Waals surface area contributed by atoms with Crippen LogP contribution in [0, 0.1) is 0 Å². The summed E-state index contributed by atoms with van der Waals surface area (Å²) in [7, 11) is 1.98. The van der Waals surface area contributed by atoms with E-state index in [1.165, 1.54) is 25.7 Å². The summed E-state index contributed by atoms with van der Waals surface area (Å²) in [6, 6.07) is 0. The van der Waals surface area contributed by atoms with Crippen molar-refractivity contribution in [1.82, 2.24) is 20.1 Å². The molecule has 1 N–H and O–H groups in total. The van der Waals surface area contributed by atoms with Crippen molar-refractivity contribution in [1.29, 1.82) is 0 Å². The number of nitrogens with one attached hydrogen (secondary N) is 1. The molecule has 1 fully saturated rings. The van der Waals surface area contributed by atoms with Gasteiger partial charge in [0, 0.05) is 13.0 Å². The molecule has 1 aromatic heterocycles. The highest BCUT2D eigenvalue weighted by molar-refractivity contribution is 5.01. The van der Waals surface area contributed by atoms with Crippen LogP contribution in [0.15, 0.2) is 0 Å². The summed E-state index contributed by atoms with van der Waals surface area (Å²) in [6.07, 6.45) is 5.21. The topological polar surface area (TPSA) is 42.7 Å². The molecule has 15 heavy (non-hydrogen) atoms. The molecule has 0 amide bonds. The van der Waals surface area contributed by atoms with E-state index in [9.17, 15) is 0 Å². The normalized spacial score (nSPS) is 17.5. The van der Waals surface area contributed by atoms with Crippen molar-refractivity contribution >= 4 is 0 Å². The molecule has 2 rings (SSSR count). The maximum absolute atomic E-state index is 4.62. The second kappa shape index (κ2) is 4.75. The van der Waals surface area contributed by atoms with Crippen LogP contribution in [0.1, 0.15) is 50.2 Å². The number of rotatable bonds is 4. The molecule has 1 aromatic rings. The molecule has 4 nitrogen and oxygen atoms in total. The predicted octanol–water partition coefficient (Wildman–Crippen LogP) is 1.58. The largest absolute Gasteiger partial charge is 0.310 e. The minimum Gasteiger partial charge on any atom is -0.310 e. The third-order valence-electron chi connectivity index (χ3n) is 3.12. The molecule has 0 bridgehead atoms. The molecule has 1 aliphatic carbocycles. The summed E-state index contributed by atoms with van der Waals surface area (Å²) >= 11 is 0. The fraction of sp³-hybridized carbons (Fsp3) is 0.818. The summed E-state index contributed by atoms with van der Waals surface area (Å²) in [5.74, 6) is 2.73. The van der Waals surface area contributed by atoms with Crippen LogP contribution < -0.4 is 5.32 Å². The first-order valence-corrected chi connectivity index (χ1v) is 5.91. The Morgan fingerprint density at radius 3 is 2.80 bits per heavy atom. The molecule has 0 atom stereocenters. The van der Waals surface area contributed by atoms with Gasteiger partial charge in [0.15, 0.2) is 5.82 Å². The number of hydrogen-bond acceptors (Lipinski definition) is 3. The predicted molar refractivity (Wildman–Crippen MR) is 59.6 cm³/mol. The Kier molecular flexibility index (Phi) is 3.36. The summed E-state index contributed by atoms with van der Waals surface area (Å²) in [5, 5.41) is 7.80. The van der Waals surface area contributed by atoms with Crippen molar-refractivity contribution in [3.63, 3.8) is 0 Å². The van der Waals surface area contributed by atoms with E-state index in [1.807, 2.05) is 11.7 Å². The highest BCUT2D eigenvalue weighted by Crippen LogP contribution is 2.31. The Labute approximate surface area is 91.1 Å². The number of nitrogens with zero attached hydrogens (tertiary/aromatic N) is 3. The average Bonchev–Trinajstić information content (AvgIpc) is 2.83. The van der Waals surface area contributed by atoms with Gasteiger partial charge in [-0.25, -0.2) is 4.98 Å². The minimum atomic E-state index is 0.617. The van der Waals surface area contributed by atoms with E-state index in [-0.39, 0.29) is 0 Å². The monoisotopic (exact) mass is 208 g/mol. The lowest BCUT2D eigenvalue weighted by molar-refractivity contribution is 0.621. The molecule has 1 saturated carbocycles. The van der Waals surface area contributed by atoms with Crippen LogP contribution in [-0.2, 0) is 13.6 Å². The van der Waals surface area contributed by atoms with E-state index in [1.54, 1.807) is 0 Å². The maximum Gasteiger partial charge on any atom is 0.154 e.